The molecule has 0 radical (unpaired) electrons. The first-order chi connectivity index (χ1) is 24.2. The third-order valence-corrected chi connectivity index (χ3v) is 10.00. The molecule has 0 spiro atoms. The Kier molecular flexibility index (Phi) is 41.3. The molecule has 0 aliphatic heterocycles. The van der Waals surface area contributed by atoms with Gasteiger partial charge in [0.05, 0.1) is 20.1 Å². The molecule has 0 bridgehead atoms. The van der Waals surface area contributed by atoms with Gasteiger partial charge in [-0.3, -0.25) is 9.59 Å². The predicted octanol–water partition coefficient (Wildman–Crippen LogP) is 16.5. The van der Waals surface area contributed by atoms with Crippen molar-refractivity contribution in [3.8, 4) is 0 Å². The van der Waals surface area contributed by atoms with Crippen LogP contribution in [0, 0.1) is 0 Å². The third-order valence-electron chi connectivity index (χ3n) is 8.29. The van der Waals surface area contributed by atoms with Gasteiger partial charge in [-0.05, 0) is 76.3 Å². The number of carboxylic acids is 2. The average molecular weight is 781 g/mol. The summed E-state index contributed by atoms with van der Waals surface area (Å²) in [5, 5.41) is 18.4. The summed E-state index contributed by atoms with van der Waals surface area (Å²) in [4.78, 5) is 20.6. The van der Waals surface area contributed by atoms with Gasteiger partial charge in [-0.25, -0.2) is 0 Å². The van der Waals surface area contributed by atoms with Gasteiger partial charge < -0.3 is 10.2 Å². The zero-order valence-electron chi connectivity index (χ0n) is 31.5. The summed E-state index contributed by atoms with van der Waals surface area (Å²) in [6, 6.07) is 3.19. The van der Waals surface area contributed by atoms with Crippen molar-refractivity contribution in [3.63, 3.8) is 0 Å². The van der Waals surface area contributed by atoms with Crippen molar-refractivity contribution in [2.75, 3.05) is 0 Å². The van der Waals surface area contributed by atoms with Crippen LogP contribution >= 0.6 is 46.4 Å². The first-order valence-corrected chi connectivity index (χ1v) is 21.2. The van der Waals surface area contributed by atoms with Crippen LogP contribution in [-0.4, -0.2) is 22.2 Å². The zero-order valence-corrected chi connectivity index (χ0v) is 34.5. The van der Waals surface area contributed by atoms with Crippen molar-refractivity contribution >= 4 is 58.3 Å². The average Bonchev–Trinajstić information content (AvgIpc) is 3.09. The topological polar surface area (TPSA) is 74.6 Å². The lowest BCUT2D eigenvalue weighted by Gasteiger charge is -1.99. The Morgan fingerprint density at radius 1 is 0.440 bits per heavy atom. The number of carbonyl (C=O) groups is 2. The smallest absolute Gasteiger partial charge is 0.303 e. The molecule has 0 heterocycles. The Balaban J connectivity index is 0. The Labute approximate surface area is 326 Å². The number of benzene rings is 1. The van der Waals surface area contributed by atoms with Gasteiger partial charge in [-0.1, -0.05) is 187 Å². The maximum atomic E-state index is 10.3. The maximum absolute atomic E-state index is 10.3. The molecule has 290 valence electrons. The van der Waals surface area contributed by atoms with Gasteiger partial charge in [0, 0.05) is 12.8 Å². The number of hydrogen-bond acceptors (Lipinski definition) is 2. The van der Waals surface area contributed by atoms with E-state index in [0.29, 0.717) is 32.9 Å². The van der Waals surface area contributed by atoms with Crippen LogP contribution in [-0.2, 0) is 9.59 Å². The van der Waals surface area contributed by atoms with Gasteiger partial charge in [-0.2, -0.15) is 0 Å². The standard InChI is InChI=1S/2C18H34O2.C6H2Cl4/c2*1-2-3-4-5-6-7-8-9-10-11-12-13-14-15-16-17-18(19)20;7-3-1-2-4(8)6(10)5(3)9/h2*9-10H,2-8,11-17H2,1H3,(H,19,20);1-2H/b2*10-9-;. The van der Waals surface area contributed by atoms with Crippen LogP contribution in [0.2, 0.25) is 20.1 Å². The molecule has 50 heavy (non-hydrogen) atoms. The zero-order chi connectivity index (χ0) is 37.5. The van der Waals surface area contributed by atoms with Crippen LogP contribution in [0.4, 0.5) is 0 Å². The molecule has 0 aliphatic carbocycles. The Bertz CT molecular complexity index is 904. The first-order valence-electron chi connectivity index (χ1n) is 19.7. The summed E-state index contributed by atoms with van der Waals surface area (Å²) < 4.78 is 0. The Hall–Kier alpha value is -1.20. The van der Waals surface area contributed by atoms with E-state index >= 15 is 0 Å². The molecule has 1 aromatic carbocycles. The van der Waals surface area contributed by atoms with Crippen molar-refractivity contribution < 1.29 is 19.8 Å². The summed E-state index contributed by atoms with van der Waals surface area (Å²) in [5.41, 5.74) is 0. The van der Waals surface area contributed by atoms with Gasteiger partial charge in [0.25, 0.3) is 0 Å². The maximum Gasteiger partial charge on any atom is 0.303 e. The van der Waals surface area contributed by atoms with Crippen LogP contribution < -0.4 is 0 Å². The van der Waals surface area contributed by atoms with Gasteiger partial charge in [0.2, 0.25) is 0 Å². The van der Waals surface area contributed by atoms with E-state index in [2.05, 4.69) is 38.2 Å². The van der Waals surface area contributed by atoms with Crippen molar-refractivity contribution in [1.29, 1.82) is 0 Å². The number of hydrogen-bond donors (Lipinski definition) is 2. The molecule has 4 nitrogen and oxygen atoms in total. The minimum Gasteiger partial charge on any atom is -0.481 e. The van der Waals surface area contributed by atoms with Crippen LogP contribution in [0.3, 0.4) is 0 Å². The molecule has 0 atom stereocenters. The molecular formula is C42H70Cl4O4. The fraction of sp³-hybridized carbons (Fsp3) is 0.714. The molecule has 1 rings (SSSR count). The lowest BCUT2D eigenvalue weighted by molar-refractivity contribution is -0.138. The Morgan fingerprint density at radius 2 is 0.680 bits per heavy atom. The quantitative estimate of drug-likeness (QED) is 0.0353. The fourth-order valence-electron chi connectivity index (χ4n) is 5.20. The number of rotatable bonds is 30. The molecule has 0 amide bonds. The summed E-state index contributed by atoms with van der Waals surface area (Å²) >= 11 is 22.5. The molecule has 0 fully saturated rings. The van der Waals surface area contributed by atoms with Gasteiger partial charge in [-0.15, -0.1) is 0 Å². The highest BCUT2D eigenvalue weighted by Gasteiger charge is 2.05. The van der Waals surface area contributed by atoms with Crippen molar-refractivity contribution in [3.05, 3.63) is 56.5 Å². The van der Waals surface area contributed by atoms with E-state index in [-0.39, 0.29) is 0 Å². The predicted molar refractivity (Wildman–Crippen MR) is 221 cm³/mol. The number of unbranched alkanes of at least 4 members (excludes halogenated alkanes) is 22. The van der Waals surface area contributed by atoms with Crippen molar-refractivity contribution in [2.45, 2.75) is 194 Å². The minimum atomic E-state index is -0.664. The molecule has 1 aromatic rings. The molecular weight excluding hydrogens is 710 g/mol. The van der Waals surface area contributed by atoms with E-state index < -0.39 is 11.9 Å². The second-order valence-corrected chi connectivity index (χ2v) is 14.7. The van der Waals surface area contributed by atoms with E-state index in [4.69, 9.17) is 56.6 Å². The fourth-order valence-corrected chi connectivity index (χ4v) is 5.94. The summed E-state index contributed by atoms with van der Waals surface area (Å²) in [5.74, 6) is -1.33. The van der Waals surface area contributed by atoms with Crippen molar-refractivity contribution in [2.24, 2.45) is 0 Å². The number of aliphatic carboxylic acids is 2. The highest BCUT2D eigenvalue weighted by Crippen LogP contribution is 2.34. The van der Waals surface area contributed by atoms with Gasteiger partial charge in [0.1, 0.15) is 0 Å². The van der Waals surface area contributed by atoms with Gasteiger partial charge in [0.15, 0.2) is 0 Å². The third kappa shape index (κ3) is 39.6. The molecule has 0 saturated carbocycles. The molecule has 8 heteroatoms. The molecule has 0 saturated heterocycles. The van der Waals surface area contributed by atoms with Crippen molar-refractivity contribution in [1.82, 2.24) is 0 Å². The molecule has 0 aromatic heterocycles. The molecule has 0 unspecified atom stereocenters. The number of halogens is 4. The van der Waals surface area contributed by atoms with Crippen LogP contribution in [0.5, 0.6) is 0 Å². The largest absolute Gasteiger partial charge is 0.481 e. The van der Waals surface area contributed by atoms with Crippen LogP contribution in [0.1, 0.15) is 194 Å². The highest BCUT2D eigenvalue weighted by molar-refractivity contribution is 6.51. The summed E-state index contributed by atoms with van der Waals surface area (Å²) in [6.07, 6.45) is 42.5. The van der Waals surface area contributed by atoms with E-state index in [9.17, 15) is 9.59 Å². The molecule has 0 aliphatic rings. The minimum absolute atomic E-state index is 0.302. The van der Waals surface area contributed by atoms with Gasteiger partial charge >= 0.3 is 11.9 Å². The Morgan fingerprint density at radius 3 is 0.940 bits per heavy atom. The lowest BCUT2D eigenvalue weighted by atomic mass is 10.1. The van der Waals surface area contributed by atoms with E-state index in [1.54, 1.807) is 12.1 Å². The van der Waals surface area contributed by atoms with Crippen LogP contribution in [0.15, 0.2) is 36.4 Å². The van der Waals surface area contributed by atoms with E-state index in [1.807, 2.05) is 0 Å². The molecule has 2 N–H and O–H groups in total. The first kappa shape index (κ1) is 50.9. The monoisotopic (exact) mass is 778 g/mol. The van der Waals surface area contributed by atoms with E-state index in [1.165, 1.54) is 141 Å². The van der Waals surface area contributed by atoms with Crippen LogP contribution in [0.25, 0.3) is 0 Å². The van der Waals surface area contributed by atoms with E-state index in [0.717, 1.165) is 25.7 Å². The summed E-state index contributed by atoms with van der Waals surface area (Å²) in [6.45, 7) is 4.52. The highest BCUT2D eigenvalue weighted by atomic mass is 35.5. The number of allylic oxidation sites excluding steroid dienone is 4. The normalized spacial score (nSPS) is 11.0. The summed E-state index contributed by atoms with van der Waals surface area (Å²) in [7, 11) is 0. The second kappa shape index (κ2) is 40.6. The lowest BCUT2D eigenvalue weighted by Crippen LogP contribution is -1.93. The SMILES string of the molecule is CCCCCCCC/C=C\CCCCCCCC(=O)O.CCCCCCCC/C=C\CCCCCCCC(=O)O.Clc1ccc(Cl)c(Cl)c1Cl. The second-order valence-electron chi connectivity index (χ2n) is 13.1. The number of carboxylic acid groups (broad SMARTS) is 2.